The molecule has 2 heteroatoms. The molecule has 0 bridgehead atoms. The first-order valence-corrected chi connectivity index (χ1v) is 7.02. The van der Waals surface area contributed by atoms with E-state index in [1.807, 2.05) is 12.4 Å². The molecule has 0 amide bonds. The lowest BCUT2D eigenvalue weighted by atomic mass is 9.72. The Labute approximate surface area is 114 Å². The number of aromatic nitrogens is 1. The quantitative estimate of drug-likeness (QED) is 0.902. The van der Waals surface area contributed by atoms with Crippen LogP contribution in [0, 0.1) is 6.92 Å². The van der Waals surface area contributed by atoms with Crippen LogP contribution in [0.1, 0.15) is 41.1 Å². The van der Waals surface area contributed by atoms with Gasteiger partial charge in [-0.05, 0) is 42.1 Å². The molecule has 0 saturated carbocycles. The third kappa shape index (κ3) is 2.28. The van der Waals surface area contributed by atoms with Crippen LogP contribution < -0.4 is 5.32 Å². The van der Waals surface area contributed by atoms with Crippen LogP contribution in [0.15, 0.2) is 42.7 Å². The Hall–Kier alpha value is -1.67. The minimum atomic E-state index is 0.382. The van der Waals surface area contributed by atoms with Crippen molar-refractivity contribution in [1.82, 2.24) is 10.3 Å². The molecule has 0 radical (unpaired) electrons. The first-order chi connectivity index (χ1) is 9.29. The Morgan fingerprint density at radius 3 is 2.89 bits per heavy atom. The highest BCUT2D eigenvalue weighted by molar-refractivity contribution is 5.43. The summed E-state index contributed by atoms with van der Waals surface area (Å²) in [7, 11) is 0. The average molecular weight is 252 g/mol. The van der Waals surface area contributed by atoms with Crippen molar-refractivity contribution < 1.29 is 0 Å². The Morgan fingerprint density at radius 2 is 2.16 bits per heavy atom. The van der Waals surface area contributed by atoms with Crippen LogP contribution in [0.25, 0.3) is 0 Å². The molecule has 1 N–H and O–H groups in total. The molecule has 1 heterocycles. The van der Waals surface area contributed by atoms with E-state index in [9.17, 15) is 0 Å². The third-order valence-electron chi connectivity index (χ3n) is 3.98. The van der Waals surface area contributed by atoms with Crippen LogP contribution in [-0.4, -0.2) is 11.5 Å². The van der Waals surface area contributed by atoms with Crippen molar-refractivity contribution >= 4 is 0 Å². The third-order valence-corrected chi connectivity index (χ3v) is 3.98. The van der Waals surface area contributed by atoms with Gasteiger partial charge in [0.2, 0.25) is 0 Å². The monoisotopic (exact) mass is 252 g/mol. The number of rotatable bonds is 4. The van der Waals surface area contributed by atoms with E-state index < -0.39 is 0 Å². The van der Waals surface area contributed by atoms with Gasteiger partial charge in [0.1, 0.15) is 0 Å². The summed E-state index contributed by atoms with van der Waals surface area (Å²) in [5, 5.41) is 3.63. The number of likely N-dealkylation sites (N-methyl/N-ethyl adjacent to an activating group) is 1. The van der Waals surface area contributed by atoms with Crippen molar-refractivity contribution in [2.24, 2.45) is 0 Å². The normalized spacial score (nSPS) is 18.5. The van der Waals surface area contributed by atoms with E-state index in [1.54, 1.807) is 0 Å². The highest BCUT2D eigenvalue weighted by Crippen LogP contribution is 2.43. The zero-order valence-electron chi connectivity index (χ0n) is 11.6. The Bertz CT molecular complexity index is 577. The number of hydrogen-bond acceptors (Lipinski definition) is 2. The van der Waals surface area contributed by atoms with Crippen molar-refractivity contribution in [3.63, 3.8) is 0 Å². The fourth-order valence-corrected chi connectivity index (χ4v) is 3.06. The van der Waals surface area contributed by atoms with Crippen molar-refractivity contribution in [3.05, 3.63) is 65.0 Å². The molecular formula is C17H20N2. The second-order valence-electron chi connectivity index (χ2n) is 5.34. The summed E-state index contributed by atoms with van der Waals surface area (Å²) in [6.07, 6.45) is 5.09. The molecule has 2 nitrogen and oxygen atoms in total. The molecule has 19 heavy (non-hydrogen) atoms. The van der Waals surface area contributed by atoms with Gasteiger partial charge in [-0.1, -0.05) is 37.3 Å². The Balaban J connectivity index is 1.91. The molecule has 2 unspecified atom stereocenters. The summed E-state index contributed by atoms with van der Waals surface area (Å²) in [5.74, 6) is 0.583. The topological polar surface area (TPSA) is 24.9 Å². The first-order valence-electron chi connectivity index (χ1n) is 7.02. The molecule has 0 saturated heterocycles. The van der Waals surface area contributed by atoms with Crippen molar-refractivity contribution in [2.45, 2.75) is 32.2 Å². The van der Waals surface area contributed by atoms with Gasteiger partial charge in [0.25, 0.3) is 0 Å². The summed E-state index contributed by atoms with van der Waals surface area (Å²) in [6, 6.07) is 11.4. The summed E-state index contributed by atoms with van der Waals surface area (Å²) in [5.41, 5.74) is 5.53. The van der Waals surface area contributed by atoms with Crippen LogP contribution in [0.3, 0.4) is 0 Å². The largest absolute Gasteiger partial charge is 0.310 e. The van der Waals surface area contributed by atoms with Crippen LogP contribution in [0.4, 0.5) is 0 Å². The summed E-state index contributed by atoms with van der Waals surface area (Å²) in [6.45, 7) is 5.26. The van der Waals surface area contributed by atoms with Crippen molar-refractivity contribution in [1.29, 1.82) is 0 Å². The number of hydrogen-bond donors (Lipinski definition) is 1. The first kappa shape index (κ1) is 12.4. The van der Waals surface area contributed by atoms with Gasteiger partial charge in [-0.25, -0.2) is 0 Å². The fraction of sp³-hybridized carbons (Fsp3) is 0.353. The van der Waals surface area contributed by atoms with Gasteiger partial charge < -0.3 is 5.32 Å². The number of benzene rings is 1. The van der Waals surface area contributed by atoms with Crippen LogP contribution in [-0.2, 0) is 6.42 Å². The molecule has 0 aliphatic heterocycles. The van der Waals surface area contributed by atoms with E-state index in [1.165, 1.54) is 28.7 Å². The van der Waals surface area contributed by atoms with Crippen molar-refractivity contribution in [2.75, 3.05) is 6.54 Å². The molecule has 3 rings (SSSR count). The van der Waals surface area contributed by atoms with Crippen LogP contribution in [0.2, 0.25) is 0 Å². The second kappa shape index (κ2) is 5.14. The molecule has 0 spiro atoms. The minimum absolute atomic E-state index is 0.382. The second-order valence-corrected chi connectivity index (χ2v) is 5.34. The van der Waals surface area contributed by atoms with E-state index in [0.29, 0.717) is 12.0 Å². The lowest BCUT2D eigenvalue weighted by molar-refractivity contribution is 0.419. The van der Waals surface area contributed by atoms with Gasteiger partial charge in [0, 0.05) is 24.4 Å². The maximum atomic E-state index is 4.34. The number of nitrogens with one attached hydrogen (secondary N) is 1. The number of fused-ring (bicyclic) bond motifs is 1. The SMILES string of the molecule is CCNC(c1cncc(C)c1)C1Cc2ccccc21. The van der Waals surface area contributed by atoms with Gasteiger partial charge >= 0.3 is 0 Å². The molecule has 1 aromatic heterocycles. The maximum absolute atomic E-state index is 4.34. The predicted octanol–water partition coefficient (Wildman–Crippen LogP) is 3.38. The van der Waals surface area contributed by atoms with E-state index in [0.717, 1.165) is 6.54 Å². The van der Waals surface area contributed by atoms with Gasteiger partial charge in [-0.3, -0.25) is 4.98 Å². The average Bonchev–Trinajstić information content (AvgIpc) is 2.39. The van der Waals surface area contributed by atoms with E-state index >= 15 is 0 Å². The molecule has 1 aliphatic carbocycles. The number of nitrogens with zero attached hydrogens (tertiary/aromatic N) is 1. The summed E-state index contributed by atoms with van der Waals surface area (Å²) >= 11 is 0. The van der Waals surface area contributed by atoms with E-state index in [-0.39, 0.29) is 0 Å². The van der Waals surface area contributed by atoms with E-state index in [2.05, 4.69) is 54.5 Å². The Kier molecular flexibility index (Phi) is 3.34. The molecule has 2 aromatic rings. The molecular weight excluding hydrogens is 232 g/mol. The Morgan fingerprint density at radius 1 is 1.32 bits per heavy atom. The minimum Gasteiger partial charge on any atom is -0.310 e. The van der Waals surface area contributed by atoms with Crippen molar-refractivity contribution in [3.8, 4) is 0 Å². The van der Waals surface area contributed by atoms with E-state index in [4.69, 9.17) is 0 Å². The lowest BCUT2D eigenvalue weighted by Gasteiger charge is -2.37. The maximum Gasteiger partial charge on any atom is 0.0408 e. The van der Waals surface area contributed by atoms with Crippen LogP contribution in [0.5, 0.6) is 0 Å². The zero-order valence-corrected chi connectivity index (χ0v) is 11.6. The molecule has 0 fully saturated rings. The highest BCUT2D eigenvalue weighted by Gasteiger charge is 2.33. The lowest BCUT2D eigenvalue weighted by Crippen LogP contribution is -2.33. The molecule has 1 aliphatic rings. The van der Waals surface area contributed by atoms with Gasteiger partial charge in [0.15, 0.2) is 0 Å². The summed E-state index contributed by atoms with van der Waals surface area (Å²) < 4.78 is 0. The van der Waals surface area contributed by atoms with Gasteiger partial charge in [0.05, 0.1) is 0 Å². The standard InChI is InChI=1S/C17H20N2/c1-3-19-17(14-8-12(2)10-18-11-14)16-9-13-6-4-5-7-15(13)16/h4-8,10-11,16-17,19H,3,9H2,1-2H3. The number of pyridine rings is 1. The smallest absolute Gasteiger partial charge is 0.0408 e. The number of aryl methyl sites for hydroxylation is 1. The highest BCUT2D eigenvalue weighted by atomic mass is 14.9. The molecule has 2 atom stereocenters. The predicted molar refractivity (Wildman–Crippen MR) is 78.3 cm³/mol. The van der Waals surface area contributed by atoms with Crippen LogP contribution >= 0.6 is 0 Å². The zero-order chi connectivity index (χ0) is 13.2. The molecule has 1 aromatic carbocycles. The fourth-order valence-electron chi connectivity index (χ4n) is 3.06. The van der Waals surface area contributed by atoms with Gasteiger partial charge in [-0.2, -0.15) is 0 Å². The molecule has 98 valence electrons. The summed E-state index contributed by atoms with van der Waals surface area (Å²) in [4.78, 5) is 4.34. The van der Waals surface area contributed by atoms with Gasteiger partial charge in [-0.15, -0.1) is 0 Å².